The van der Waals surface area contributed by atoms with Crippen molar-refractivity contribution in [2.45, 2.75) is 19.4 Å². The Labute approximate surface area is 112 Å². The first kappa shape index (κ1) is 15.1. The topological polar surface area (TPSA) is 91.0 Å². The molecule has 0 aromatic heterocycles. The van der Waals surface area contributed by atoms with Crippen LogP contribution in [-0.4, -0.2) is 37.9 Å². The number of benzene rings is 1. The number of carbonyl (C=O) groups is 1. The monoisotopic (exact) mass is 269 g/mol. The molecule has 1 atom stereocenters. The van der Waals surface area contributed by atoms with Gasteiger partial charge in [-0.3, -0.25) is 4.79 Å². The van der Waals surface area contributed by atoms with Crippen molar-refractivity contribution >= 4 is 5.97 Å². The Morgan fingerprint density at radius 1 is 1.26 bits per heavy atom. The predicted molar refractivity (Wildman–Crippen MR) is 70.0 cm³/mol. The molecular weight excluding hydrogens is 250 g/mol. The molecule has 0 radical (unpaired) electrons. The second-order valence-corrected chi connectivity index (χ2v) is 3.90. The van der Waals surface area contributed by atoms with Crippen LogP contribution in [0, 0.1) is 0 Å². The third kappa shape index (κ3) is 3.75. The molecule has 3 N–H and O–H groups in total. The fraction of sp³-hybridized carbons (Fsp3) is 0.462. The van der Waals surface area contributed by atoms with Gasteiger partial charge in [-0.15, -0.1) is 0 Å². The van der Waals surface area contributed by atoms with Crippen molar-refractivity contribution in [3.63, 3.8) is 0 Å². The van der Waals surface area contributed by atoms with Gasteiger partial charge < -0.3 is 25.1 Å². The van der Waals surface area contributed by atoms with Crippen molar-refractivity contribution in [3.05, 3.63) is 17.7 Å². The van der Waals surface area contributed by atoms with E-state index in [0.717, 1.165) is 0 Å². The number of methoxy groups -OCH3 is 2. The summed E-state index contributed by atoms with van der Waals surface area (Å²) in [7, 11) is 3.03. The van der Waals surface area contributed by atoms with Gasteiger partial charge in [0.2, 0.25) is 0 Å². The highest BCUT2D eigenvalue weighted by molar-refractivity contribution is 5.73. The van der Waals surface area contributed by atoms with E-state index in [2.05, 4.69) is 0 Å². The molecule has 0 spiro atoms. The van der Waals surface area contributed by atoms with Crippen molar-refractivity contribution in [1.82, 2.24) is 0 Å². The minimum Gasteiger partial charge on any atom is -0.496 e. The van der Waals surface area contributed by atoms with Crippen LogP contribution in [0.25, 0.3) is 0 Å². The van der Waals surface area contributed by atoms with Crippen LogP contribution in [0.3, 0.4) is 0 Å². The predicted octanol–water partition coefficient (Wildman–Crippen LogP) is 1.06. The summed E-state index contributed by atoms with van der Waals surface area (Å²) in [6.45, 7) is 2.33. The molecule has 0 aliphatic rings. The molecule has 0 fully saturated rings. The van der Waals surface area contributed by atoms with Crippen LogP contribution in [0.4, 0.5) is 0 Å². The zero-order valence-corrected chi connectivity index (χ0v) is 11.3. The van der Waals surface area contributed by atoms with Crippen molar-refractivity contribution in [3.8, 4) is 17.2 Å². The lowest BCUT2D eigenvalue weighted by Crippen LogP contribution is -2.32. The van der Waals surface area contributed by atoms with Gasteiger partial charge in [0, 0.05) is 18.1 Å². The summed E-state index contributed by atoms with van der Waals surface area (Å²) in [5.74, 6) is 0.539. The fourth-order valence-corrected chi connectivity index (χ4v) is 1.68. The second kappa shape index (κ2) is 6.84. The summed E-state index contributed by atoms with van der Waals surface area (Å²) in [5.41, 5.74) is 6.21. The number of hydrogen-bond donors (Lipinski definition) is 2. The summed E-state index contributed by atoms with van der Waals surface area (Å²) in [5, 5.41) is 8.86. The van der Waals surface area contributed by atoms with Crippen molar-refractivity contribution in [1.29, 1.82) is 0 Å². The maximum Gasteiger partial charge on any atom is 0.320 e. The van der Waals surface area contributed by atoms with E-state index >= 15 is 0 Å². The molecular formula is C13H19NO5. The van der Waals surface area contributed by atoms with Gasteiger partial charge in [0.15, 0.2) is 11.5 Å². The first-order valence-electron chi connectivity index (χ1n) is 5.89. The normalized spacial score (nSPS) is 11.8. The molecule has 1 rings (SSSR count). The molecule has 6 nitrogen and oxygen atoms in total. The third-order valence-electron chi connectivity index (χ3n) is 2.62. The largest absolute Gasteiger partial charge is 0.496 e. The fourth-order valence-electron chi connectivity index (χ4n) is 1.68. The van der Waals surface area contributed by atoms with Gasteiger partial charge in [0.25, 0.3) is 0 Å². The number of ether oxygens (including phenoxy) is 3. The van der Waals surface area contributed by atoms with Crippen LogP contribution in [0.1, 0.15) is 12.5 Å². The lowest BCUT2D eigenvalue weighted by atomic mass is 10.0. The molecule has 0 aliphatic heterocycles. The Morgan fingerprint density at radius 3 is 2.37 bits per heavy atom. The highest BCUT2D eigenvalue weighted by atomic mass is 16.5. The van der Waals surface area contributed by atoms with E-state index in [1.165, 1.54) is 14.2 Å². The Hall–Kier alpha value is -1.95. The maximum atomic E-state index is 10.8. The van der Waals surface area contributed by atoms with E-state index < -0.39 is 12.0 Å². The molecule has 1 aromatic carbocycles. The van der Waals surface area contributed by atoms with Crippen LogP contribution in [-0.2, 0) is 11.2 Å². The lowest BCUT2D eigenvalue weighted by molar-refractivity contribution is -0.138. The first-order chi connectivity index (χ1) is 9.03. The molecule has 0 amide bonds. The number of carboxylic acids is 1. The van der Waals surface area contributed by atoms with Crippen LogP contribution in [0.5, 0.6) is 17.2 Å². The molecule has 1 unspecified atom stereocenters. The Kier molecular flexibility index (Phi) is 5.44. The average molecular weight is 269 g/mol. The second-order valence-electron chi connectivity index (χ2n) is 3.90. The van der Waals surface area contributed by atoms with Crippen LogP contribution in [0.15, 0.2) is 12.1 Å². The summed E-state index contributed by atoms with van der Waals surface area (Å²) in [6.07, 6.45) is 0.155. The minimum absolute atomic E-state index is 0.155. The van der Waals surface area contributed by atoms with E-state index in [1.807, 2.05) is 6.92 Å². The van der Waals surface area contributed by atoms with Gasteiger partial charge in [-0.25, -0.2) is 0 Å². The van der Waals surface area contributed by atoms with Crippen molar-refractivity contribution in [2.24, 2.45) is 5.73 Å². The number of aliphatic carboxylic acids is 1. The van der Waals surface area contributed by atoms with Gasteiger partial charge in [0.1, 0.15) is 11.8 Å². The highest BCUT2D eigenvalue weighted by Gasteiger charge is 2.18. The average Bonchev–Trinajstić information content (AvgIpc) is 2.39. The van der Waals surface area contributed by atoms with E-state index in [0.29, 0.717) is 29.4 Å². The van der Waals surface area contributed by atoms with E-state index in [4.69, 9.17) is 25.1 Å². The van der Waals surface area contributed by atoms with E-state index in [-0.39, 0.29) is 6.42 Å². The quantitative estimate of drug-likeness (QED) is 0.769. The molecule has 106 valence electrons. The molecule has 0 aliphatic carbocycles. The highest BCUT2D eigenvalue weighted by Crippen LogP contribution is 2.35. The molecule has 0 saturated carbocycles. The Balaban J connectivity index is 3.13. The lowest BCUT2D eigenvalue weighted by Gasteiger charge is -2.16. The summed E-state index contributed by atoms with van der Waals surface area (Å²) in [6, 6.07) is 2.37. The first-order valence-corrected chi connectivity index (χ1v) is 5.89. The third-order valence-corrected chi connectivity index (χ3v) is 2.62. The van der Waals surface area contributed by atoms with Crippen molar-refractivity contribution in [2.75, 3.05) is 20.8 Å². The van der Waals surface area contributed by atoms with Crippen LogP contribution in [0.2, 0.25) is 0 Å². The van der Waals surface area contributed by atoms with Gasteiger partial charge in [-0.2, -0.15) is 0 Å². The zero-order chi connectivity index (χ0) is 14.4. The minimum atomic E-state index is -1.06. The summed E-state index contributed by atoms with van der Waals surface area (Å²) >= 11 is 0. The van der Waals surface area contributed by atoms with Gasteiger partial charge >= 0.3 is 5.97 Å². The number of nitrogens with two attached hydrogens (primary N) is 1. The number of carboxylic acid groups (broad SMARTS) is 1. The molecule has 0 bridgehead atoms. The van der Waals surface area contributed by atoms with Gasteiger partial charge in [-0.05, 0) is 13.0 Å². The molecule has 6 heteroatoms. The van der Waals surface area contributed by atoms with Crippen LogP contribution >= 0.6 is 0 Å². The molecule has 19 heavy (non-hydrogen) atoms. The summed E-state index contributed by atoms with van der Waals surface area (Å²) in [4.78, 5) is 10.8. The molecule has 1 aromatic rings. The summed E-state index contributed by atoms with van der Waals surface area (Å²) < 4.78 is 15.9. The smallest absolute Gasteiger partial charge is 0.320 e. The Bertz CT molecular complexity index is 447. The number of rotatable bonds is 7. The van der Waals surface area contributed by atoms with Crippen LogP contribution < -0.4 is 19.9 Å². The molecule has 0 heterocycles. The van der Waals surface area contributed by atoms with E-state index in [1.54, 1.807) is 12.1 Å². The standard InChI is InChI=1S/C13H19NO5/c1-4-19-12-6-8(5-9(14)13(15)16)10(17-2)7-11(12)18-3/h6-7,9H,4-5,14H2,1-3H3,(H,15,16). The van der Waals surface area contributed by atoms with Gasteiger partial charge in [0.05, 0.1) is 20.8 Å². The Morgan fingerprint density at radius 2 is 1.89 bits per heavy atom. The molecule has 0 saturated heterocycles. The van der Waals surface area contributed by atoms with Crippen molar-refractivity contribution < 1.29 is 24.1 Å². The maximum absolute atomic E-state index is 10.8. The van der Waals surface area contributed by atoms with E-state index in [9.17, 15) is 4.79 Å². The number of hydrogen-bond acceptors (Lipinski definition) is 5. The van der Waals surface area contributed by atoms with Gasteiger partial charge in [-0.1, -0.05) is 0 Å². The SMILES string of the molecule is CCOc1cc(CC(N)C(=O)O)c(OC)cc1OC. The zero-order valence-electron chi connectivity index (χ0n) is 11.3.